The van der Waals surface area contributed by atoms with E-state index in [1.165, 1.54) is 0 Å². The average molecular weight is 179 g/mol. The van der Waals surface area contributed by atoms with E-state index in [0.29, 0.717) is 5.92 Å². The predicted octanol–water partition coefficient (Wildman–Crippen LogP) is 2.29. The van der Waals surface area contributed by atoms with Gasteiger partial charge in [0.1, 0.15) is 0 Å². The molecule has 0 spiro atoms. The minimum Gasteiger partial charge on any atom is -0.237 e. The molecule has 3 nitrogen and oxygen atoms in total. The van der Waals surface area contributed by atoms with Gasteiger partial charge in [0.25, 0.3) is 0 Å². The Hall–Kier alpha value is -0.990. The quantitative estimate of drug-likeness (QED) is 0.664. The highest BCUT2D eigenvalue weighted by Gasteiger charge is 2.17. The maximum atomic E-state index is 4.30. The maximum absolute atomic E-state index is 4.30. The van der Waals surface area contributed by atoms with Crippen LogP contribution in [-0.2, 0) is 5.41 Å². The van der Waals surface area contributed by atoms with Crippen LogP contribution in [0, 0.1) is 0 Å². The summed E-state index contributed by atoms with van der Waals surface area (Å²) < 4.78 is 0. The van der Waals surface area contributed by atoms with Gasteiger partial charge in [0.2, 0.25) is 0 Å². The highest BCUT2D eigenvalue weighted by Crippen LogP contribution is 2.17. The van der Waals surface area contributed by atoms with E-state index in [9.17, 15) is 0 Å². The molecule has 0 fully saturated rings. The number of hydrogen-bond donors (Lipinski definition) is 0. The molecule has 0 aliphatic carbocycles. The maximum Gasteiger partial charge on any atom is 0.156 e. The zero-order chi connectivity index (χ0) is 10.1. The zero-order valence-corrected chi connectivity index (χ0v) is 9.00. The van der Waals surface area contributed by atoms with Crippen molar-refractivity contribution in [3.05, 3.63) is 17.7 Å². The molecular weight excluding hydrogens is 162 g/mol. The van der Waals surface area contributed by atoms with Crippen molar-refractivity contribution in [2.75, 3.05) is 0 Å². The van der Waals surface area contributed by atoms with E-state index in [1.807, 2.05) is 6.20 Å². The molecule has 0 aromatic carbocycles. The van der Waals surface area contributed by atoms with E-state index in [-0.39, 0.29) is 5.41 Å². The second-order valence-corrected chi connectivity index (χ2v) is 4.61. The van der Waals surface area contributed by atoms with Crippen LogP contribution < -0.4 is 0 Å². The number of hydrogen-bond acceptors (Lipinski definition) is 3. The van der Waals surface area contributed by atoms with Crippen LogP contribution in [0.15, 0.2) is 6.20 Å². The smallest absolute Gasteiger partial charge is 0.156 e. The van der Waals surface area contributed by atoms with E-state index in [4.69, 9.17) is 0 Å². The Kier molecular flexibility index (Phi) is 2.64. The summed E-state index contributed by atoms with van der Waals surface area (Å²) in [7, 11) is 0. The molecule has 0 saturated heterocycles. The first-order chi connectivity index (χ1) is 5.91. The van der Waals surface area contributed by atoms with Crippen LogP contribution in [0.25, 0.3) is 0 Å². The second-order valence-electron chi connectivity index (χ2n) is 4.61. The molecule has 72 valence electrons. The first kappa shape index (κ1) is 10.1. The molecule has 1 rings (SSSR count). The van der Waals surface area contributed by atoms with Gasteiger partial charge in [-0.05, 0) is 5.92 Å². The lowest BCUT2D eigenvalue weighted by Gasteiger charge is -2.15. The third-order valence-electron chi connectivity index (χ3n) is 1.84. The number of nitrogens with zero attached hydrogens (tertiary/aromatic N) is 3. The van der Waals surface area contributed by atoms with E-state index < -0.39 is 0 Å². The molecule has 0 unspecified atom stereocenters. The molecule has 3 heteroatoms. The molecule has 0 amide bonds. The molecule has 0 radical (unpaired) electrons. The lowest BCUT2D eigenvalue weighted by atomic mass is 9.96. The molecule has 13 heavy (non-hydrogen) atoms. The van der Waals surface area contributed by atoms with Gasteiger partial charge in [0, 0.05) is 5.41 Å². The van der Waals surface area contributed by atoms with Gasteiger partial charge in [-0.1, -0.05) is 34.6 Å². The Morgan fingerprint density at radius 3 is 2.08 bits per heavy atom. The van der Waals surface area contributed by atoms with Crippen LogP contribution in [-0.4, -0.2) is 15.2 Å². The zero-order valence-electron chi connectivity index (χ0n) is 9.00. The molecule has 1 aromatic rings. The fraction of sp³-hybridized carbons (Fsp3) is 0.700. The standard InChI is InChI=1S/C10H17N3/c1-7(2)8-6-11-9(13-12-8)10(3,4)5/h6-7H,1-5H3. The summed E-state index contributed by atoms with van der Waals surface area (Å²) >= 11 is 0. The SMILES string of the molecule is CC(C)c1cnc(C(C)(C)C)nn1. The Labute approximate surface area is 79.6 Å². The Balaban J connectivity index is 2.94. The van der Waals surface area contributed by atoms with Crippen molar-refractivity contribution in [3.8, 4) is 0 Å². The summed E-state index contributed by atoms with van der Waals surface area (Å²) in [6.07, 6.45) is 1.82. The first-order valence-corrected chi connectivity index (χ1v) is 4.61. The summed E-state index contributed by atoms with van der Waals surface area (Å²) in [4.78, 5) is 4.30. The summed E-state index contributed by atoms with van der Waals surface area (Å²) in [6.45, 7) is 10.4. The van der Waals surface area contributed by atoms with Crippen LogP contribution >= 0.6 is 0 Å². The lowest BCUT2D eigenvalue weighted by molar-refractivity contribution is 0.527. The van der Waals surface area contributed by atoms with Crippen LogP contribution in [0.1, 0.15) is 52.1 Å². The van der Waals surface area contributed by atoms with Gasteiger partial charge < -0.3 is 0 Å². The van der Waals surface area contributed by atoms with Crippen molar-refractivity contribution in [2.45, 2.75) is 46.0 Å². The van der Waals surface area contributed by atoms with Crippen molar-refractivity contribution < 1.29 is 0 Å². The molecule has 1 aromatic heterocycles. The van der Waals surface area contributed by atoms with Crippen LogP contribution in [0.3, 0.4) is 0 Å². The Morgan fingerprint density at radius 1 is 1.15 bits per heavy atom. The van der Waals surface area contributed by atoms with Crippen LogP contribution in [0.2, 0.25) is 0 Å². The molecule has 0 aliphatic rings. The summed E-state index contributed by atoms with van der Waals surface area (Å²) in [6, 6.07) is 0. The van der Waals surface area contributed by atoms with Crippen LogP contribution in [0.4, 0.5) is 0 Å². The van der Waals surface area contributed by atoms with Crippen molar-refractivity contribution >= 4 is 0 Å². The largest absolute Gasteiger partial charge is 0.237 e. The fourth-order valence-electron chi connectivity index (χ4n) is 0.892. The average Bonchev–Trinajstić information content (AvgIpc) is 2.03. The Morgan fingerprint density at radius 2 is 1.77 bits per heavy atom. The van der Waals surface area contributed by atoms with Gasteiger partial charge >= 0.3 is 0 Å². The van der Waals surface area contributed by atoms with Crippen LogP contribution in [0.5, 0.6) is 0 Å². The van der Waals surface area contributed by atoms with Gasteiger partial charge in [0.05, 0.1) is 11.9 Å². The Bertz CT molecular complexity index is 269. The van der Waals surface area contributed by atoms with Gasteiger partial charge in [-0.3, -0.25) is 0 Å². The second kappa shape index (κ2) is 3.40. The molecule has 0 saturated carbocycles. The number of aromatic nitrogens is 3. The topological polar surface area (TPSA) is 38.7 Å². The normalized spacial score (nSPS) is 12.2. The third kappa shape index (κ3) is 2.47. The molecule has 0 N–H and O–H groups in total. The van der Waals surface area contributed by atoms with Crippen molar-refractivity contribution in [3.63, 3.8) is 0 Å². The van der Waals surface area contributed by atoms with E-state index in [1.54, 1.807) is 0 Å². The molecule has 0 bridgehead atoms. The lowest BCUT2D eigenvalue weighted by Crippen LogP contribution is -2.17. The van der Waals surface area contributed by atoms with Crippen molar-refractivity contribution in [2.24, 2.45) is 0 Å². The number of rotatable bonds is 1. The minimum atomic E-state index is -0.0114. The molecule has 1 heterocycles. The predicted molar refractivity (Wildman–Crippen MR) is 52.6 cm³/mol. The van der Waals surface area contributed by atoms with E-state index in [0.717, 1.165) is 11.5 Å². The summed E-state index contributed by atoms with van der Waals surface area (Å²) in [5.74, 6) is 1.20. The molecule has 0 aliphatic heterocycles. The fourth-order valence-corrected chi connectivity index (χ4v) is 0.892. The first-order valence-electron chi connectivity index (χ1n) is 4.61. The summed E-state index contributed by atoms with van der Waals surface area (Å²) in [5.41, 5.74) is 0.940. The van der Waals surface area contributed by atoms with Gasteiger partial charge in [-0.2, -0.15) is 5.10 Å². The van der Waals surface area contributed by atoms with Crippen molar-refractivity contribution in [1.82, 2.24) is 15.2 Å². The monoisotopic (exact) mass is 179 g/mol. The summed E-state index contributed by atoms with van der Waals surface area (Å²) in [5, 5.41) is 8.24. The minimum absolute atomic E-state index is 0.0114. The van der Waals surface area contributed by atoms with Crippen molar-refractivity contribution in [1.29, 1.82) is 0 Å². The highest BCUT2D eigenvalue weighted by molar-refractivity contribution is 5.04. The molecular formula is C10H17N3. The highest BCUT2D eigenvalue weighted by atomic mass is 15.2. The van der Waals surface area contributed by atoms with E-state index >= 15 is 0 Å². The van der Waals surface area contributed by atoms with Gasteiger partial charge in [0.15, 0.2) is 5.82 Å². The van der Waals surface area contributed by atoms with E-state index in [2.05, 4.69) is 49.8 Å². The third-order valence-corrected chi connectivity index (χ3v) is 1.84. The van der Waals surface area contributed by atoms with Gasteiger partial charge in [-0.25, -0.2) is 4.98 Å². The van der Waals surface area contributed by atoms with Gasteiger partial charge in [-0.15, -0.1) is 5.10 Å². The molecule has 0 atom stereocenters.